The van der Waals surface area contributed by atoms with E-state index >= 15 is 0 Å². The number of benzene rings is 6. The molecule has 7 rings (SSSR count). The molecule has 182 valence electrons. The van der Waals surface area contributed by atoms with Crippen LogP contribution in [0.2, 0.25) is 0 Å². The molecule has 3 nitrogen and oxygen atoms in total. The van der Waals surface area contributed by atoms with Crippen LogP contribution in [0.3, 0.4) is 0 Å². The highest BCUT2D eigenvalue weighted by molar-refractivity contribution is 6.10. The summed E-state index contributed by atoms with van der Waals surface area (Å²) in [7, 11) is 0. The third-order valence-corrected chi connectivity index (χ3v) is 7.54. The molecule has 0 bridgehead atoms. The Hall–Kier alpha value is -4.89. The second-order valence-corrected chi connectivity index (χ2v) is 9.85. The number of nitrogens with one attached hydrogen (secondary N) is 1. The van der Waals surface area contributed by atoms with E-state index in [9.17, 15) is 0 Å². The first kappa shape index (κ1) is 22.3. The smallest absolute Gasteiger partial charge is 0.220 e. The Balaban J connectivity index is 1.44. The second kappa shape index (κ2) is 8.89. The molecule has 38 heavy (non-hydrogen) atoms. The number of aromatic nitrogens is 1. The molecule has 0 unspecified atom stereocenters. The molecule has 0 aliphatic carbocycles. The van der Waals surface area contributed by atoms with E-state index in [0.29, 0.717) is 0 Å². The van der Waals surface area contributed by atoms with Crippen LogP contribution in [0.25, 0.3) is 54.5 Å². The van der Waals surface area contributed by atoms with E-state index in [2.05, 4.69) is 132 Å². The maximum Gasteiger partial charge on any atom is 0.220 e. The summed E-state index contributed by atoms with van der Waals surface area (Å²) in [5, 5.41) is 12.3. The molecule has 0 aliphatic rings. The Morgan fingerprint density at radius 3 is 2.16 bits per heavy atom. The molecule has 0 fully saturated rings. The first-order valence-corrected chi connectivity index (χ1v) is 13.1. The fourth-order valence-electron chi connectivity index (χ4n) is 5.79. The minimum atomic E-state index is 0.776. The van der Waals surface area contributed by atoms with Gasteiger partial charge in [0.2, 0.25) is 11.2 Å². The lowest BCUT2D eigenvalue weighted by Gasteiger charge is -2.14. The van der Waals surface area contributed by atoms with Gasteiger partial charge in [-0.25, -0.2) is 0 Å². The largest absolute Gasteiger partial charge is 0.399 e. The van der Waals surface area contributed by atoms with E-state index in [4.69, 9.17) is 5.73 Å². The van der Waals surface area contributed by atoms with Crippen molar-refractivity contribution in [2.75, 3.05) is 11.1 Å². The molecule has 3 N–H and O–H groups in total. The van der Waals surface area contributed by atoms with Crippen LogP contribution in [0.5, 0.6) is 0 Å². The van der Waals surface area contributed by atoms with E-state index < -0.39 is 0 Å². The average Bonchev–Trinajstić information content (AvgIpc) is 2.96. The van der Waals surface area contributed by atoms with Gasteiger partial charge in [0.15, 0.2) is 0 Å². The number of hydrogen-bond donors (Lipinski definition) is 2. The SMILES string of the molecule is CC[n+]1c(-c2ccccc2)c2cc(N)ccc2c2ccc(Nc3cccc4cc5ccccc5cc34)cc21. The summed E-state index contributed by atoms with van der Waals surface area (Å²) in [6, 6.07) is 43.1. The molecule has 1 heterocycles. The third-order valence-electron chi connectivity index (χ3n) is 7.54. The quantitative estimate of drug-likeness (QED) is 0.112. The molecular weight excluding hydrogens is 462 g/mol. The standard InChI is InChI=1S/C35H27N3/c1-2-38-34-22-28(37-33-14-8-13-26-19-24-11-6-7-12-25(24)20-31(26)33)16-18-30(34)29-17-15-27(36)21-32(29)35(38)23-9-4-3-5-10-23/h3-22H,2,36H2,1H3/p+1. The van der Waals surface area contributed by atoms with Gasteiger partial charge in [-0.2, -0.15) is 4.57 Å². The second-order valence-electron chi connectivity index (χ2n) is 9.85. The maximum absolute atomic E-state index is 6.28. The Morgan fingerprint density at radius 2 is 1.34 bits per heavy atom. The Kier molecular flexibility index (Phi) is 5.22. The average molecular weight is 491 g/mol. The van der Waals surface area contributed by atoms with Gasteiger partial charge in [-0.15, -0.1) is 0 Å². The molecule has 7 aromatic rings. The van der Waals surface area contributed by atoms with Crippen LogP contribution in [-0.2, 0) is 6.54 Å². The van der Waals surface area contributed by atoms with E-state index in [0.717, 1.165) is 23.6 Å². The number of nitrogens with two attached hydrogens (primary N) is 1. The van der Waals surface area contributed by atoms with Crippen molar-refractivity contribution in [3.05, 3.63) is 121 Å². The lowest BCUT2D eigenvalue weighted by atomic mass is 9.98. The van der Waals surface area contributed by atoms with Gasteiger partial charge in [0.1, 0.15) is 6.54 Å². The molecule has 1 aromatic heterocycles. The Labute approximate surface area is 221 Å². The van der Waals surface area contributed by atoms with Crippen molar-refractivity contribution in [2.45, 2.75) is 13.5 Å². The fourth-order valence-corrected chi connectivity index (χ4v) is 5.79. The van der Waals surface area contributed by atoms with E-state index in [1.807, 2.05) is 6.07 Å². The van der Waals surface area contributed by atoms with Gasteiger partial charge in [-0.3, -0.25) is 0 Å². The van der Waals surface area contributed by atoms with Crippen molar-refractivity contribution in [1.82, 2.24) is 0 Å². The summed E-state index contributed by atoms with van der Waals surface area (Å²) in [5.74, 6) is 0. The summed E-state index contributed by atoms with van der Waals surface area (Å²) < 4.78 is 2.41. The minimum Gasteiger partial charge on any atom is -0.399 e. The van der Waals surface area contributed by atoms with E-state index in [-0.39, 0.29) is 0 Å². The third kappa shape index (κ3) is 3.63. The van der Waals surface area contributed by atoms with Gasteiger partial charge in [-0.05, 0) is 77.7 Å². The number of nitrogens with zero attached hydrogens (tertiary/aromatic N) is 1. The van der Waals surface area contributed by atoms with Crippen LogP contribution < -0.4 is 15.6 Å². The number of pyridine rings is 1. The highest BCUT2D eigenvalue weighted by Gasteiger charge is 2.22. The number of hydrogen-bond acceptors (Lipinski definition) is 2. The summed E-state index contributed by atoms with van der Waals surface area (Å²) in [5.41, 5.74) is 12.8. The Morgan fingerprint density at radius 1 is 0.605 bits per heavy atom. The highest BCUT2D eigenvalue weighted by atomic mass is 15.0. The zero-order valence-electron chi connectivity index (χ0n) is 21.3. The van der Waals surface area contributed by atoms with Gasteiger partial charge in [0.05, 0.1) is 10.8 Å². The summed E-state index contributed by atoms with van der Waals surface area (Å²) >= 11 is 0. The van der Waals surface area contributed by atoms with Crippen LogP contribution in [0.4, 0.5) is 17.1 Å². The van der Waals surface area contributed by atoms with Crippen LogP contribution in [-0.4, -0.2) is 0 Å². The van der Waals surface area contributed by atoms with Crippen molar-refractivity contribution >= 4 is 60.3 Å². The summed E-state index contributed by atoms with van der Waals surface area (Å²) in [6.07, 6.45) is 0. The minimum absolute atomic E-state index is 0.776. The van der Waals surface area contributed by atoms with E-state index in [1.165, 1.54) is 54.5 Å². The number of nitrogen functional groups attached to an aromatic ring is 1. The number of anilines is 3. The fraction of sp³-hybridized carbons (Fsp3) is 0.0571. The highest BCUT2D eigenvalue weighted by Crippen LogP contribution is 2.35. The van der Waals surface area contributed by atoms with Gasteiger partial charge >= 0.3 is 0 Å². The normalized spacial score (nSPS) is 11.5. The lowest BCUT2D eigenvalue weighted by Crippen LogP contribution is -2.36. The van der Waals surface area contributed by atoms with Crippen molar-refractivity contribution in [2.24, 2.45) is 0 Å². The molecule has 0 amide bonds. The first-order chi connectivity index (χ1) is 18.7. The van der Waals surface area contributed by atoms with Gasteiger partial charge in [-0.1, -0.05) is 60.7 Å². The number of fused-ring (bicyclic) bond motifs is 5. The predicted octanol–water partition coefficient (Wildman–Crippen LogP) is 8.60. The van der Waals surface area contributed by atoms with Crippen LogP contribution in [0.1, 0.15) is 6.92 Å². The van der Waals surface area contributed by atoms with Crippen LogP contribution in [0.15, 0.2) is 121 Å². The summed E-state index contributed by atoms with van der Waals surface area (Å²) in [6.45, 7) is 3.05. The number of aryl methyl sites for hydroxylation is 1. The van der Waals surface area contributed by atoms with Crippen molar-refractivity contribution in [3.63, 3.8) is 0 Å². The van der Waals surface area contributed by atoms with Crippen LogP contribution in [0, 0.1) is 0 Å². The molecule has 6 aromatic carbocycles. The zero-order valence-corrected chi connectivity index (χ0v) is 21.3. The van der Waals surface area contributed by atoms with E-state index in [1.54, 1.807) is 0 Å². The maximum atomic E-state index is 6.28. The van der Waals surface area contributed by atoms with Crippen molar-refractivity contribution in [1.29, 1.82) is 0 Å². The van der Waals surface area contributed by atoms with Crippen LogP contribution >= 0.6 is 0 Å². The molecular formula is C35H28N3+. The molecule has 0 aliphatic heterocycles. The Bertz CT molecular complexity index is 1990. The lowest BCUT2D eigenvalue weighted by molar-refractivity contribution is -0.655. The van der Waals surface area contributed by atoms with Crippen molar-refractivity contribution < 1.29 is 4.57 Å². The van der Waals surface area contributed by atoms with Gasteiger partial charge < -0.3 is 11.1 Å². The molecule has 0 saturated heterocycles. The van der Waals surface area contributed by atoms with Gasteiger partial charge in [0.25, 0.3) is 0 Å². The molecule has 0 saturated carbocycles. The van der Waals surface area contributed by atoms with Gasteiger partial charge in [0, 0.05) is 39.5 Å². The monoisotopic (exact) mass is 490 g/mol. The zero-order chi connectivity index (χ0) is 25.6. The first-order valence-electron chi connectivity index (χ1n) is 13.1. The molecule has 0 spiro atoms. The molecule has 0 atom stereocenters. The predicted molar refractivity (Wildman–Crippen MR) is 162 cm³/mol. The molecule has 3 heteroatoms. The number of rotatable bonds is 4. The summed E-state index contributed by atoms with van der Waals surface area (Å²) in [4.78, 5) is 0. The molecule has 0 radical (unpaired) electrons. The van der Waals surface area contributed by atoms with Crippen molar-refractivity contribution in [3.8, 4) is 11.3 Å². The topological polar surface area (TPSA) is 41.9 Å².